The van der Waals surface area contributed by atoms with Crippen LogP contribution in [-0.2, 0) is 12.3 Å². The van der Waals surface area contributed by atoms with Crippen LogP contribution in [0.25, 0.3) is 0 Å². The Morgan fingerprint density at radius 2 is 1.90 bits per heavy atom. The Labute approximate surface area is 140 Å². The Kier molecular flexibility index (Phi) is 5.13. The Hall–Kier alpha value is -1.08. The molecule has 0 bridgehead atoms. The fourth-order valence-corrected chi connectivity index (χ4v) is 4.55. The maximum atomic E-state index is 5.92. The quantitative estimate of drug-likeness (QED) is 0.621. The van der Waals surface area contributed by atoms with E-state index in [4.69, 9.17) is 11.6 Å². The van der Waals surface area contributed by atoms with Crippen molar-refractivity contribution in [1.82, 2.24) is 10.2 Å². The van der Waals surface area contributed by atoms with Crippen LogP contribution in [0.1, 0.15) is 10.4 Å². The molecule has 0 aliphatic heterocycles. The van der Waals surface area contributed by atoms with Gasteiger partial charge in [-0.2, -0.15) is 0 Å². The molecule has 3 aromatic rings. The van der Waals surface area contributed by atoms with E-state index in [-0.39, 0.29) is 0 Å². The number of nitrogens with one attached hydrogen (secondary N) is 1. The lowest BCUT2D eigenvalue weighted by molar-refractivity contribution is 0.995. The van der Waals surface area contributed by atoms with E-state index < -0.39 is 0 Å². The van der Waals surface area contributed by atoms with Crippen LogP contribution in [0, 0.1) is 0 Å². The highest BCUT2D eigenvalue weighted by molar-refractivity contribution is 8.00. The van der Waals surface area contributed by atoms with Crippen molar-refractivity contribution < 1.29 is 0 Å². The lowest BCUT2D eigenvalue weighted by atomic mass is 10.2. The van der Waals surface area contributed by atoms with Gasteiger partial charge in [-0.15, -0.1) is 21.5 Å². The molecule has 0 aliphatic rings. The molecule has 0 fully saturated rings. The number of nitrogens with zero attached hydrogens (tertiary/aromatic N) is 2. The lowest BCUT2D eigenvalue weighted by Gasteiger charge is -2.00. The normalized spacial score (nSPS) is 10.7. The highest BCUT2D eigenvalue weighted by Crippen LogP contribution is 2.31. The third kappa shape index (κ3) is 4.44. The zero-order chi connectivity index (χ0) is 14.5. The first-order valence-corrected chi connectivity index (χ1v) is 9.27. The predicted octanol–water partition coefficient (Wildman–Crippen LogP) is 5.16. The standard InChI is InChI=1S/C14H12ClN3S3/c15-12-7-6-11(20-12)9-19-14-18-17-13(21-14)16-8-10-4-2-1-3-5-10/h1-7H,8-9H2,(H,16,17). The van der Waals surface area contributed by atoms with Crippen LogP contribution in [0.2, 0.25) is 4.34 Å². The molecule has 0 amide bonds. The lowest BCUT2D eigenvalue weighted by Crippen LogP contribution is -1.98. The van der Waals surface area contributed by atoms with Crippen LogP contribution in [0.4, 0.5) is 5.13 Å². The molecule has 0 saturated carbocycles. The van der Waals surface area contributed by atoms with Crippen molar-refractivity contribution >= 4 is 51.2 Å². The van der Waals surface area contributed by atoms with Crippen LogP contribution in [0.15, 0.2) is 46.8 Å². The summed E-state index contributed by atoms with van der Waals surface area (Å²) >= 11 is 10.8. The minimum atomic E-state index is 0.765. The molecule has 21 heavy (non-hydrogen) atoms. The summed E-state index contributed by atoms with van der Waals surface area (Å²) < 4.78 is 1.79. The van der Waals surface area contributed by atoms with Gasteiger partial charge in [-0.05, 0) is 17.7 Å². The SMILES string of the molecule is Clc1ccc(CSc2nnc(NCc3ccccc3)s2)s1. The van der Waals surface area contributed by atoms with E-state index in [1.165, 1.54) is 10.4 Å². The summed E-state index contributed by atoms with van der Waals surface area (Å²) in [6.45, 7) is 0.765. The van der Waals surface area contributed by atoms with Crippen molar-refractivity contribution in [2.45, 2.75) is 16.6 Å². The van der Waals surface area contributed by atoms with E-state index in [1.807, 2.05) is 24.3 Å². The zero-order valence-electron chi connectivity index (χ0n) is 11.0. The van der Waals surface area contributed by atoms with Crippen LogP contribution in [-0.4, -0.2) is 10.2 Å². The van der Waals surface area contributed by atoms with E-state index in [9.17, 15) is 0 Å². The summed E-state index contributed by atoms with van der Waals surface area (Å²) in [5.41, 5.74) is 1.23. The van der Waals surface area contributed by atoms with Crippen LogP contribution < -0.4 is 5.32 Å². The van der Waals surface area contributed by atoms with Crippen molar-refractivity contribution in [3.63, 3.8) is 0 Å². The van der Waals surface area contributed by atoms with E-state index >= 15 is 0 Å². The number of aromatic nitrogens is 2. The van der Waals surface area contributed by atoms with Gasteiger partial charge in [-0.25, -0.2) is 0 Å². The Morgan fingerprint density at radius 1 is 1.05 bits per heavy atom. The Balaban J connectivity index is 1.51. The number of halogens is 1. The van der Waals surface area contributed by atoms with Crippen molar-refractivity contribution in [3.05, 3.63) is 57.2 Å². The number of benzene rings is 1. The minimum absolute atomic E-state index is 0.765. The first-order chi connectivity index (χ1) is 10.3. The summed E-state index contributed by atoms with van der Waals surface area (Å²) in [4.78, 5) is 1.25. The van der Waals surface area contributed by atoms with Crippen LogP contribution >= 0.6 is 46.0 Å². The highest BCUT2D eigenvalue weighted by atomic mass is 35.5. The number of thioether (sulfide) groups is 1. The van der Waals surface area contributed by atoms with Gasteiger partial charge < -0.3 is 5.32 Å². The van der Waals surface area contributed by atoms with Crippen molar-refractivity contribution in [1.29, 1.82) is 0 Å². The average molecular weight is 354 g/mol. The van der Waals surface area contributed by atoms with Crippen LogP contribution in [0.3, 0.4) is 0 Å². The summed E-state index contributed by atoms with van der Waals surface area (Å²) in [7, 11) is 0. The molecule has 0 spiro atoms. The third-order valence-electron chi connectivity index (χ3n) is 2.66. The number of rotatable bonds is 6. The highest BCUT2D eigenvalue weighted by Gasteiger charge is 2.06. The first kappa shape index (κ1) is 14.8. The summed E-state index contributed by atoms with van der Waals surface area (Å²) in [6.07, 6.45) is 0. The van der Waals surface area contributed by atoms with E-state index in [2.05, 4.69) is 33.7 Å². The second-order valence-corrected chi connectivity index (χ2v) is 8.21. The minimum Gasteiger partial charge on any atom is -0.356 e. The molecule has 108 valence electrons. The van der Waals surface area contributed by atoms with Gasteiger partial charge in [-0.3, -0.25) is 0 Å². The fraction of sp³-hybridized carbons (Fsp3) is 0.143. The molecule has 0 saturated heterocycles. The summed E-state index contributed by atoms with van der Waals surface area (Å²) in [6, 6.07) is 14.2. The molecule has 0 aliphatic carbocycles. The molecule has 2 heterocycles. The Bertz CT molecular complexity index is 696. The van der Waals surface area contributed by atoms with Gasteiger partial charge in [0.1, 0.15) is 0 Å². The summed E-state index contributed by atoms with van der Waals surface area (Å²) in [5.74, 6) is 0.880. The molecule has 1 aromatic carbocycles. The smallest absolute Gasteiger partial charge is 0.206 e. The van der Waals surface area contributed by atoms with Crippen molar-refractivity contribution in [2.75, 3.05) is 5.32 Å². The van der Waals surface area contributed by atoms with Gasteiger partial charge in [0.25, 0.3) is 0 Å². The maximum absolute atomic E-state index is 5.92. The maximum Gasteiger partial charge on any atom is 0.206 e. The fourth-order valence-electron chi connectivity index (χ4n) is 1.68. The predicted molar refractivity (Wildman–Crippen MR) is 92.6 cm³/mol. The van der Waals surface area contributed by atoms with E-state index in [0.29, 0.717) is 0 Å². The van der Waals surface area contributed by atoms with Gasteiger partial charge in [0, 0.05) is 17.2 Å². The topological polar surface area (TPSA) is 37.8 Å². The van der Waals surface area contributed by atoms with Gasteiger partial charge in [-0.1, -0.05) is 65.0 Å². The van der Waals surface area contributed by atoms with Gasteiger partial charge in [0.15, 0.2) is 4.34 Å². The molecular formula is C14H12ClN3S3. The van der Waals surface area contributed by atoms with E-state index in [0.717, 1.165) is 26.1 Å². The molecule has 7 heteroatoms. The van der Waals surface area contributed by atoms with Gasteiger partial charge in [0.05, 0.1) is 4.34 Å². The van der Waals surface area contributed by atoms with Gasteiger partial charge >= 0.3 is 0 Å². The number of hydrogen-bond donors (Lipinski definition) is 1. The molecule has 0 unspecified atom stereocenters. The van der Waals surface area contributed by atoms with Gasteiger partial charge in [0.2, 0.25) is 5.13 Å². The number of anilines is 1. The number of thiophene rings is 1. The molecular weight excluding hydrogens is 342 g/mol. The average Bonchev–Trinajstić information content (AvgIpc) is 3.13. The molecule has 2 aromatic heterocycles. The second-order valence-electron chi connectivity index (χ2n) is 4.21. The van der Waals surface area contributed by atoms with E-state index in [1.54, 1.807) is 34.4 Å². The molecule has 0 radical (unpaired) electrons. The number of hydrogen-bond acceptors (Lipinski definition) is 6. The molecule has 3 rings (SSSR count). The zero-order valence-corrected chi connectivity index (χ0v) is 14.2. The van der Waals surface area contributed by atoms with Crippen molar-refractivity contribution in [2.24, 2.45) is 0 Å². The second kappa shape index (κ2) is 7.26. The largest absolute Gasteiger partial charge is 0.356 e. The Morgan fingerprint density at radius 3 is 2.67 bits per heavy atom. The first-order valence-electron chi connectivity index (χ1n) is 6.28. The summed E-state index contributed by atoms with van der Waals surface area (Å²) in [5, 5.41) is 12.5. The molecule has 3 nitrogen and oxygen atoms in total. The third-order valence-corrected chi connectivity index (χ3v) is 6.14. The monoisotopic (exact) mass is 353 g/mol. The van der Waals surface area contributed by atoms with Crippen molar-refractivity contribution in [3.8, 4) is 0 Å². The molecule has 0 atom stereocenters. The molecule has 1 N–H and O–H groups in total. The van der Waals surface area contributed by atoms with Crippen LogP contribution in [0.5, 0.6) is 0 Å².